The maximum atomic E-state index is 10.4. The standard InChI is InChI=1S/C10H13NO2S/c11-9(10(12)13)7-14-6-8-4-2-1-3-5-8/h1-5,9H,6-7,11H2,(H,12,13)/t9-/m1/s1. The number of aliphatic carboxylic acids is 1. The number of carbonyl (C=O) groups is 1. The number of nitrogens with two attached hydrogens (primary N) is 1. The van der Waals surface area contributed by atoms with Gasteiger partial charge in [-0.1, -0.05) is 30.3 Å². The fraction of sp³-hybridized carbons (Fsp3) is 0.300. The van der Waals surface area contributed by atoms with Gasteiger partial charge in [-0.2, -0.15) is 11.8 Å². The number of rotatable bonds is 5. The van der Waals surface area contributed by atoms with Crippen LogP contribution < -0.4 is 5.73 Å². The van der Waals surface area contributed by atoms with Crippen LogP contribution in [0.5, 0.6) is 0 Å². The third kappa shape index (κ3) is 3.81. The first-order chi connectivity index (χ1) is 6.70. The van der Waals surface area contributed by atoms with Crippen LogP contribution in [-0.2, 0) is 10.5 Å². The van der Waals surface area contributed by atoms with Crippen molar-refractivity contribution in [1.82, 2.24) is 0 Å². The Bertz CT molecular complexity index is 289. The van der Waals surface area contributed by atoms with Gasteiger partial charge in [-0.25, -0.2) is 0 Å². The Morgan fingerprint density at radius 1 is 1.43 bits per heavy atom. The average Bonchev–Trinajstić information content (AvgIpc) is 2.19. The number of carboxylic acids is 1. The van der Waals surface area contributed by atoms with Crippen molar-refractivity contribution in [2.75, 3.05) is 5.75 Å². The zero-order valence-corrected chi connectivity index (χ0v) is 8.54. The molecule has 0 spiro atoms. The van der Waals surface area contributed by atoms with Crippen molar-refractivity contribution < 1.29 is 9.90 Å². The monoisotopic (exact) mass is 211 g/mol. The fourth-order valence-electron chi connectivity index (χ4n) is 0.949. The zero-order valence-electron chi connectivity index (χ0n) is 7.72. The van der Waals surface area contributed by atoms with Gasteiger partial charge in [-0.15, -0.1) is 0 Å². The Hall–Kier alpha value is -1.00. The quantitative estimate of drug-likeness (QED) is 0.771. The molecule has 0 saturated heterocycles. The van der Waals surface area contributed by atoms with Crippen LogP contribution in [0.25, 0.3) is 0 Å². The first-order valence-electron chi connectivity index (χ1n) is 4.30. The molecule has 0 bridgehead atoms. The van der Waals surface area contributed by atoms with E-state index in [-0.39, 0.29) is 0 Å². The Labute approximate surface area is 87.3 Å². The van der Waals surface area contributed by atoms with Crippen molar-refractivity contribution >= 4 is 17.7 Å². The highest BCUT2D eigenvalue weighted by molar-refractivity contribution is 7.98. The minimum Gasteiger partial charge on any atom is -0.480 e. The molecule has 3 nitrogen and oxygen atoms in total. The van der Waals surface area contributed by atoms with Crippen LogP contribution in [0.1, 0.15) is 5.56 Å². The van der Waals surface area contributed by atoms with Crippen LogP contribution >= 0.6 is 11.8 Å². The van der Waals surface area contributed by atoms with E-state index in [1.54, 1.807) is 0 Å². The lowest BCUT2D eigenvalue weighted by Gasteiger charge is -2.05. The molecule has 1 rings (SSSR count). The summed E-state index contributed by atoms with van der Waals surface area (Å²) in [6, 6.07) is 9.15. The summed E-state index contributed by atoms with van der Waals surface area (Å²) >= 11 is 1.54. The molecule has 1 aromatic rings. The van der Waals surface area contributed by atoms with E-state index >= 15 is 0 Å². The van der Waals surface area contributed by atoms with E-state index in [0.717, 1.165) is 5.75 Å². The molecule has 0 aliphatic carbocycles. The molecule has 0 saturated carbocycles. The van der Waals surface area contributed by atoms with Gasteiger partial charge in [-0.3, -0.25) is 4.79 Å². The molecule has 76 valence electrons. The van der Waals surface area contributed by atoms with E-state index < -0.39 is 12.0 Å². The Morgan fingerprint density at radius 2 is 2.07 bits per heavy atom. The van der Waals surface area contributed by atoms with E-state index in [4.69, 9.17) is 10.8 Å². The summed E-state index contributed by atoms with van der Waals surface area (Å²) in [6.07, 6.45) is 0. The lowest BCUT2D eigenvalue weighted by atomic mass is 10.2. The minimum atomic E-state index is -0.939. The molecule has 0 amide bonds. The van der Waals surface area contributed by atoms with Crippen molar-refractivity contribution in [2.24, 2.45) is 5.73 Å². The van der Waals surface area contributed by atoms with Gasteiger partial charge in [0.1, 0.15) is 6.04 Å². The second kappa shape index (κ2) is 5.67. The molecular formula is C10H13NO2S. The van der Waals surface area contributed by atoms with Crippen molar-refractivity contribution in [2.45, 2.75) is 11.8 Å². The fourth-order valence-corrected chi connectivity index (χ4v) is 1.89. The highest BCUT2D eigenvalue weighted by atomic mass is 32.2. The van der Waals surface area contributed by atoms with Gasteiger partial charge in [0.05, 0.1) is 0 Å². The van der Waals surface area contributed by atoms with Crippen LogP contribution in [0.2, 0.25) is 0 Å². The number of benzene rings is 1. The Morgan fingerprint density at radius 3 is 2.64 bits per heavy atom. The molecule has 1 atom stereocenters. The normalized spacial score (nSPS) is 12.4. The van der Waals surface area contributed by atoms with Gasteiger partial charge in [0.15, 0.2) is 0 Å². The number of hydrogen-bond donors (Lipinski definition) is 2. The van der Waals surface area contributed by atoms with E-state index in [9.17, 15) is 4.79 Å². The first-order valence-corrected chi connectivity index (χ1v) is 5.45. The molecule has 0 unspecified atom stereocenters. The topological polar surface area (TPSA) is 63.3 Å². The van der Waals surface area contributed by atoms with Gasteiger partial charge < -0.3 is 10.8 Å². The average molecular weight is 211 g/mol. The SMILES string of the molecule is N[C@H](CSCc1ccccc1)C(=O)O. The summed E-state index contributed by atoms with van der Waals surface area (Å²) in [5.41, 5.74) is 6.55. The second-order valence-electron chi connectivity index (χ2n) is 2.95. The number of carboxylic acid groups (broad SMARTS) is 1. The Balaban J connectivity index is 2.26. The van der Waals surface area contributed by atoms with Gasteiger partial charge >= 0.3 is 5.97 Å². The van der Waals surface area contributed by atoms with Crippen LogP contribution in [0.15, 0.2) is 30.3 Å². The molecule has 0 fully saturated rings. The molecule has 0 heterocycles. The van der Waals surface area contributed by atoms with Gasteiger partial charge in [-0.05, 0) is 5.56 Å². The van der Waals surface area contributed by atoms with Gasteiger partial charge in [0.25, 0.3) is 0 Å². The summed E-state index contributed by atoms with van der Waals surface area (Å²) < 4.78 is 0. The molecule has 0 aliphatic rings. The molecular weight excluding hydrogens is 198 g/mol. The van der Waals surface area contributed by atoms with Crippen LogP contribution in [-0.4, -0.2) is 22.9 Å². The number of thioether (sulfide) groups is 1. The van der Waals surface area contributed by atoms with E-state index in [1.807, 2.05) is 30.3 Å². The summed E-state index contributed by atoms with van der Waals surface area (Å²) in [5.74, 6) is 0.317. The summed E-state index contributed by atoms with van der Waals surface area (Å²) in [6.45, 7) is 0. The predicted molar refractivity (Wildman–Crippen MR) is 58.2 cm³/mol. The van der Waals surface area contributed by atoms with Crippen LogP contribution in [0.4, 0.5) is 0 Å². The van der Waals surface area contributed by atoms with Crippen LogP contribution in [0.3, 0.4) is 0 Å². The molecule has 1 aromatic carbocycles. The second-order valence-corrected chi connectivity index (χ2v) is 3.98. The number of hydrogen-bond acceptors (Lipinski definition) is 3. The van der Waals surface area contributed by atoms with E-state index in [0.29, 0.717) is 5.75 Å². The van der Waals surface area contributed by atoms with Crippen molar-refractivity contribution in [3.63, 3.8) is 0 Å². The zero-order chi connectivity index (χ0) is 10.4. The Kier molecular flexibility index (Phi) is 4.49. The smallest absolute Gasteiger partial charge is 0.321 e. The largest absolute Gasteiger partial charge is 0.480 e. The molecule has 4 heteroatoms. The van der Waals surface area contributed by atoms with E-state index in [2.05, 4.69) is 0 Å². The maximum absolute atomic E-state index is 10.4. The van der Waals surface area contributed by atoms with Crippen molar-refractivity contribution in [3.05, 3.63) is 35.9 Å². The summed E-state index contributed by atoms with van der Waals surface area (Å²) in [5, 5.41) is 8.54. The molecule has 3 N–H and O–H groups in total. The first kappa shape index (κ1) is 11.1. The highest BCUT2D eigenvalue weighted by Gasteiger charge is 2.10. The highest BCUT2D eigenvalue weighted by Crippen LogP contribution is 2.11. The molecule has 0 aromatic heterocycles. The lowest BCUT2D eigenvalue weighted by Crippen LogP contribution is -2.32. The van der Waals surface area contributed by atoms with Crippen molar-refractivity contribution in [1.29, 1.82) is 0 Å². The van der Waals surface area contributed by atoms with E-state index in [1.165, 1.54) is 17.3 Å². The predicted octanol–water partition coefficient (Wildman–Crippen LogP) is 1.33. The summed E-state index contributed by atoms with van der Waals surface area (Å²) in [4.78, 5) is 10.4. The third-order valence-electron chi connectivity index (χ3n) is 1.73. The molecule has 0 radical (unpaired) electrons. The van der Waals surface area contributed by atoms with Gasteiger partial charge in [0.2, 0.25) is 0 Å². The third-order valence-corrected chi connectivity index (χ3v) is 2.86. The van der Waals surface area contributed by atoms with Crippen LogP contribution in [0, 0.1) is 0 Å². The van der Waals surface area contributed by atoms with Gasteiger partial charge in [0, 0.05) is 11.5 Å². The van der Waals surface area contributed by atoms with Crippen molar-refractivity contribution in [3.8, 4) is 0 Å². The minimum absolute atomic E-state index is 0.449. The lowest BCUT2D eigenvalue weighted by molar-refractivity contribution is -0.137. The molecule has 14 heavy (non-hydrogen) atoms. The maximum Gasteiger partial charge on any atom is 0.321 e. The molecule has 0 aliphatic heterocycles. The summed E-state index contributed by atoms with van der Waals surface area (Å²) in [7, 11) is 0.